The molecule has 0 saturated heterocycles. The molecule has 1 heterocycles. The molecule has 2 aromatic carbocycles. The summed E-state index contributed by atoms with van der Waals surface area (Å²) < 4.78 is 0. The van der Waals surface area contributed by atoms with Crippen LogP contribution in [0, 0.1) is 13.8 Å². The second kappa shape index (κ2) is 8.82. The van der Waals surface area contributed by atoms with Crippen LogP contribution < -0.4 is 0 Å². The number of benzene rings is 2. The van der Waals surface area contributed by atoms with Crippen LogP contribution in [0.15, 0.2) is 53.7 Å². The van der Waals surface area contributed by atoms with Crippen molar-refractivity contribution < 1.29 is 9.59 Å². The average Bonchev–Trinajstić information content (AvgIpc) is 3.08. The number of aromatic amines is 1. The number of nitrogens with one attached hydrogen (secondary N) is 1. The van der Waals surface area contributed by atoms with E-state index in [1.165, 1.54) is 27.8 Å². The molecule has 0 aliphatic rings. The molecular weight excluding hydrogens is 322 g/mol. The smallest absolute Gasteiger partial charge is 0.197 e. The Morgan fingerprint density at radius 2 is 1.79 bits per heavy atom. The highest BCUT2D eigenvalue weighted by Gasteiger charge is 2.03. The molecular formula is C18H17N3O2S. The van der Waals surface area contributed by atoms with Crippen molar-refractivity contribution in [1.29, 1.82) is 0 Å². The summed E-state index contributed by atoms with van der Waals surface area (Å²) in [5.74, 6) is 0.902. The van der Waals surface area contributed by atoms with Crippen molar-refractivity contribution in [2.75, 3.05) is 0 Å². The summed E-state index contributed by atoms with van der Waals surface area (Å²) >= 11 is 1.68. The molecule has 3 aromatic rings. The van der Waals surface area contributed by atoms with E-state index < -0.39 is 0 Å². The fourth-order valence-electron chi connectivity index (χ4n) is 2.34. The van der Waals surface area contributed by atoms with Gasteiger partial charge in [-0.1, -0.05) is 59.8 Å². The predicted molar refractivity (Wildman–Crippen MR) is 92.3 cm³/mol. The Hall–Kier alpha value is -2.69. The number of nitrogens with zero attached hydrogens (tertiary/aromatic N) is 2. The summed E-state index contributed by atoms with van der Waals surface area (Å²) in [6.45, 7) is 4.29. The monoisotopic (exact) mass is 339 g/mol. The number of rotatable bonds is 4. The van der Waals surface area contributed by atoms with Crippen molar-refractivity contribution in [3.8, 4) is 11.1 Å². The maximum atomic E-state index is 8.12. The van der Waals surface area contributed by atoms with Gasteiger partial charge in [-0.25, -0.2) is 0 Å². The van der Waals surface area contributed by atoms with Gasteiger partial charge < -0.3 is 0 Å². The van der Waals surface area contributed by atoms with Gasteiger partial charge in [0.25, 0.3) is 0 Å². The zero-order valence-corrected chi connectivity index (χ0v) is 14.3. The second-order valence-electron chi connectivity index (χ2n) is 5.20. The average molecular weight is 339 g/mol. The molecule has 0 aliphatic carbocycles. The summed E-state index contributed by atoms with van der Waals surface area (Å²) in [5, 5.41) is 11.4. The van der Waals surface area contributed by atoms with Crippen LogP contribution in [0.2, 0.25) is 0 Å². The van der Waals surface area contributed by atoms with Gasteiger partial charge in [-0.3, -0.25) is 0 Å². The third kappa shape index (κ3) is 4.91. The highest BCUT2D eigenvalue weighted by molar-refractivity contribution is 7.98. The van der Waals surface area contributed by atoms with E-state index in [4.69, 9.17) is 9.59 Å². The third-order valence-corrected chi connectivity index (χ3v) is 4.40. The molecule has 0 bridgehead atoms. The molecule has 0 spiro atoms. The van der Waals surface area contributed by atoms with Crippen LogP contribution in [0.3, 0.4) is 0 Å². The van der Waals surface area contributed by atoms with E-state index in [1.54, 1.807) is 18.0 Å². The van der Waals surface area contributed by atoms with Crippen molar-refractivity contribution >= 4 is 17.9 Å². The zero-order chi connectivity index (χ0) is 17.4. The van der Waals surface area contributed by atoms with Crippen LogP contribution in [-0.4, -0.2) is 21.6 Å². The van der Waals surface area contributed by atoms with Gasteiger partial charge in [0.1, 0.15) is 5.03 Å². The molecule has 0 aliphatic heterocycles. The molecule has 0 saturated carbocycles. The Labute approximate surface area is 144 Å². The standard InChI is InChI=1S/C17H17N3S.CO2/c1-12-3-8-16(13(2)9-12)15-6-4-14(5-7-15)11-21-17-10-18-20-19-17;2-1-3/h3-10H,11H2,1-2H3,(H,18,19,20);. The van der Waals surface area contributed by atoms with Gasteiger partial charge in [-0.15, -0.1) is 5.10 Å². The summed E-state index contributed by atoms with van der Waals surface area (Å²) in [7, 11) is 0. The van der Waals surface area contributed by atoms with Gasteiger partial charge in [0.15, 0.2) is 0 Å². The van der Waals surface area contributed by atoms with E-state index in [2.05, 4.69) is 71.7 Å². The Morgan fingerprint density at radius 3 is 2.38 bits per heavy atom. The molecule has 0 amide bonds. The minimum atomic E-state index is 0.250. The quantitative estimate of drug-likeness (QED) is 0.732. The third-order valence-electron chi connectivity index (χ3n) is 3.43. The highest BCUT2D eigenvalue weighted by Crippen LogP contribution is 2.26. The molecule has 24 heavy (non-hydrogen) atoms. The van der Waals surface area contributed by atoms with E-state index in [0.717, 1.165) is 10.8 Å². The number of carbonyl (C=O) groups excluding carboxylic acids is 2. The molecule has 6 heteroatoms. The molecule has 1 N–H and O–H groups in total. The van der Waals surface area contributed by atoms with Crippen LogP contribution in [0.5, 0.6) is 0 Å². The summed E-state index contributed by atoms with van der Waals surface area (Å²) in [4.78, 5) is 16.2. The van der Waals surface area contributed by atoms with Crippen LogP contribution in [-0.2, 0) is 15.3 Å². The molecule has 5 nitrogen and oxygen atoms in total. The Kier molecular flexibility index (Phi) is 6.49. The topological polar surface area (TPSA) is 75.7 Å². The first-order chi connectivity index (χ1) is 11.6. The van der Waals surface area contributed by atoms with E-state index in [9.17, 15) is 0 Å². The zero-order valence-electron chi connectivity index (χ0n) is 13.4. The molecule has 3 rings (SSSR count). The normalized spacial score (nSPS) is 9.75. The van der Waals surface area contributed by atoms with Crippen LogP contribution in [0.25, 0.3) is 11.1 Å². The van der Waals surface area contributed by atoms with Gasteiger partial charge >= 0.3 is 6.15 Å². The lowest BCUT2D eigenvalue weighted by Gasteiger charge is -2.08. The van der Waals surface area contributed by atoms with Gasteiger partial charge in [-0.05, 0) is 36.1 Å². The molecule has 1 aromatic heterocycles. The van der Waals surface area contributed by atoms with Gasteiger partial charge in [0.2, 0.25) is 0 Å². The SMILES string of the molecule is Cc1ccc(-c2ccc(CSc3cn[nH]n3)cc2)c(C)c1.O=C=O. The number of aryl methyl sites for hydroxylation is 2. The maximum Gasteiger partial charge on any atom is 0.373 e. The van der Waals surface area contributed by atoms with Gasteiger partial charge in [0, 0.05) is 5.75 Å². The second-order valence-corrected chi connectivity index (χ2v) is 6.19. The van der Waals surface area contributed by atoms with E-state index in [1.807, 2.05) is 0 Å². The largest absolute Gasteiger partial charge is 0.373 e. The first kappa shape index (κ1) is 17.7. The Balaban J connectivity index is 0.000000647. The summed E-state index contributed by atoms with van der Waals surface area (Å²) in [6.07, 6.45) is 1.99. The number of thioether (sulfide) groups is 1. The van der Waals surface area contributed by atoms with Crippen molar-refractivity contribution in [1.82, 2.24) is 15.4 Å². The van der Waals surface area contributed by atoms with Crippen molar-refractivity contribution in [2.24, 2.45) is 0 Å². The van der Waals surface area contributed by atoms with Crippen LogP contribution in [0.1, 0.15) is 16.7 Å². The minimum absolute atomic E-state index is 0.250. The first-order valence-corrected chi connectivity index (χ1v) is 8.27. The Bertz CT molecular complexity index is 809. The lowest BCUT2D eigenvalue weighted by Crippen LogP contribution is -1.86. The first-order valence-electron chi connectivity index (χ1n) is 7.28. The Morgan fingerprint density at radius 1 is 1.08 bits per heavy atom. The fourth-order valence-corrected chi connectivity index (χ4v) is 3.08. The van der Waals surface area contributed by atoms with E-state index in [-0.39, 0.29) is 6.15 Å². The fraction of sp³-hybridized carbons (Fsp3) is 0.167. The van der Waals surface area contributed by atoms with Crippen molar-refractivity contribution in [2.45, 2.75) is 24.6 Å². The number of H-pyrrole nitrogens is 1. The molecule has 0 atom stereocenters. The molecule has 0 fully saturated rings. The van der Waals surface area contributed by atoms with Crippen LogP contribution >= 0.6 is 11.8 Å². The molecule has 0 unspecified atom stereocenters. The van der Waals surface area contributed by atoms with E-state index >= 15 is 0 Å². The lowest BCUT2D eigenvalue weighted by atomic mass is 9.98. The number of hydrogen-bond acceptors (Lipinski definition) is 5. The summed E-state index contributed by atoms with van der Waals surface area (Å²) in [6, 6.07) is 15.3. The summed E-state index contributed by atoms with van der Waals surface area (Å²) in [5.41, 5.74) is 6.48. The predicted octanol–water partition coefficient (Wildman–Crippen LogP) is 3.80. The number of aromatic nitrogens is 3. The minimum Gasteiger partial charge on any atom is -0.197 e. The molecule has 122 valence electrons. The van der Waals surface area contributed by atoms with Crippen molar-refractivity contribution in [3.05, 3.63) is 65.4 Å². The van der Waals surface area contributed by atoms with Gasteiger partial charge in [-0.2, -0.15) is 19.9 Å². The maximum absolute atomic E-state index is 8.12. The highest BCUT2D eigenvalue weighted by atomic mass is 32.2. The lowest BCUT2D eigenvalue weighted by molar-refractivity contribution is -0.191. The van der Waals surface area contributed by atoms with Crippen LogP contribution in [0.4, 0.5) is 0 Å². The van der Waals surface area contributed by atoms with E-state index in [0.29, 0.717) is 0 Å². The number of hydrogen-bond donors (Lipinski definition) is 1. The van der Waals surface area contributed by atoms with Crippen molar-refractivity contribution in [3.63, 3.8) is 0 Å². The van der Waals surface area contributed by atoms with Gasteiger partial charge in [0.05, 0.1) is 6.20 Å². The molecule has 0 radical (unpaired) electrons.